The van der Waals surface area contributed by atoms with E-state index in [-0.39, 0.29) is 17.7 Å². The van der Waals surface area contributed by atoms with E-state index in [0.717, 1.165) is 29.8 Å². The van der Waals surface area contributed by atoms with Gasteiger partial charge < -0.3 is 10.6 Å². The molecule has 23 heavy (non-hydrogen) atoms. The molecular formula is C16H19N5O2. The van der Waals surface area contributed by atoms with Crippen LogP contribution in [0.25, 0.3) is 0 Å². The Morgan fingerprint density at radius 2 is 2.13 bits per heavy atom. The zero-order chi connectivity index (χ0) is 16.4. The van der Waals surface area contributed by atoms with E-state index in [1.807, 2.05) is 13.8 Å². The van der Waals surface area contributed by atoms with Crippen LogP contribution in [0.15, 0.2) is 18.3 Å². The zero-order valence-corrected chi connectivity index (χ0v) is 13.1. The zero-order valence-electron chi connectivity index (χ0n) is 13.1. The molecule has 1 aliphatic rings. The lowest BCUT2D eigenvalue weighted by Gasteiger charge is -2.07. The average Bonchev–Trinajstić information content (AvgIpc) is 3.34. The van der Waals surface area contributed by atoms with Crippen LogP contribution in [0.5, 0.6) is 0 Å². The van der Waals surface area contributed by atoms with Crippen LogP contribution in [0.3, 0.4) is 0 Å². The highest BCUT2D eigenvalue weighted by Gasteiger charge is 2.29. The first kappa shape index (κ1) is 15.2. The molecule has 2 aromatic rings. The normalized spacial score (nSPS) is 13.7. The van der Waals surface area contributed by atoms with Crippen LogP contribution < -0.4 is 10.6 Å². The Hall–Kier alpha value is -2.70. The molecule has 7 heteroatoms. The maximum Gasteiger partial charge on any atom is 0.251 e. The number of rotatable bonds is 5. The van der Waals surface area contributed by atoms with Gasteiger partial charge >= 0.3 is 0 Å². The molecule has 120 valence electrons. The molecule has 2 amide bonds. The molecular weight excluding hydrogens is 294 g/mol. The molecule has 1 fully saturated rings. The van der Waals surface area contributed by atoms with Crippen molar-refractivity contribution in [3.63, 3.8) is 0 Å². The van der Waals surface area contributed by atoms with E-state index in [1.54, 1.807) is 12.1 Å². The van der Waals surface area contributed by atoms with Crippen molar-refractivity contribution in [2.75, 3.05) is 5.32 Å². The first-order valence-corrected chi connectivity index (χ1v) is 7.60. The van der Waals surface area contributed by atoms with Gasteiger partial charge in [-0.15, -0.1) is 0 Å². The first-order chi connectivity index (χ1) is 11.0. The highest BCUT2D eigenvalue weighted by atomic mass is 16.2. The maximum absolute atomic E-state index is 12.2. The highest BCUT2D eigenvalue weighted by Crippen LogP contribution is 2.29. The third-order valence-electron chi connectivity index (χ3n) is 3.99. The lowest BCUT2D eigenvalue weighted by molar-refractivity contribution is -0.117. The van der Waals surface area contributed by atoms with E-state index < -0.39 is 0 Å². The molecule has 7 nitrogen and oxygen atoms in total. The summed E-state index contributed by atoms with van der Waals surface area (Å²) in [7, 11) is 0. The smallest absolute Gasteiger partial charge is 0.251 e. The van der Waals surface area contributed by atoms with E-state index in [1.165, 1.54) is 6.20 Å². The van der Waals surface area contributed by atoms with Gasteiger partial charge in [-0.2, -0.15) is 5.10 Å². The molecule has 2 aromatic heterocycles. The quantitative estimate of drug-likeness (QED) is 0.782. The fourth-order valence-corrected chi connectivity index (χ4v) is 2.19. The number of aryl methyl sites for hydroxylation is 1. The number of pyridine rings is 1. The molecule has 3 N–H and O–H groups in total. The van der Waals surface area contributed by atoms with Crippen LogP contribution in [-0.4, -0.2) is 27.0 Å². The van der Waals surface area contributed by atoms with E-state index in [0.29, 0.717) is 17.9 Å². The summed E-state index contributed by atoms with van der Waals surface area (Å²) in [4.78, 5) is 28.1. The summed E-state index contributed by atoms with van der Waals surface area (Å²) in [6, 6.07) is 3.20. The van der Waals surface area contributed by atoms with Crippen molar-refractivity contribution >= 4 is 17.6 Å². The molecule has 1 saturated carbocycles. The molecule has 0 aromatic carbocycles. The number of carbonyl (C=O) groups is 2. The molecule has 0 spiro atoms. The summed E-state index contributed by atoms with van der Waals surface area (Å²) in [5, 5.41) is 12.6. The van der Waals surface area contributed by atoms with Crippen molar-refractivity contribution in [2.45, 2.75) is 33.2 Å². The molecule has 0 saturated heterocycles. The Balaban J connectivity index is 1.62. The summed E-state index contributed by atoms with van der Waals surface area (Å²) < 4.78 is 0. The Bertz CT molecular complexity index is 749. The number of H-pyrrole nitrogens is 1. The first-order valence-electron chi connectivity index (χ1n) is 7.60. The van der Waals surface area contributed by atoms with Gasteiger partial charge in [-0.05, 0) is 44.4 Å². The average molecular weight is 313 g/mol. The van der Waals surface area contributed by atoms with E-state index in [2.05, 4.69) is 25.8 Å². The second-order valence-corrected chi connectivity index (χ2v) is 5.80. The summed E-state index contributed by atoms with van der Waals surface area (Å²) in [6.07, 6.45) is 3.37. The minimum Gasteiger partial charge on any atom is -0.346 e. The van der Waals surface area contributed by atoms with Gasteiger partial charge in [0.05, 0.1) is 12.2 Å². The van der Waals surface area contributed by atoms with Crippen LogP contribution >= 0.6 is 0 Å². The molecule has 0 bridgehead atoms. The summed E-state index contributed by atoms with van der Waals surface area (Å²) in [5.74, 6) is 0.244. The number of nitrogens with zero attached hydrogens (tertiary/aromatic N) is 2. The number of aromatic amines is 1. The van der Waals surface area contributed by atoms with Gasteiger partial charge in [-0.25, -0.2) is 4.98 Å². The van der Waals surface area contributed by atoms with Gasteiger partial charge in [-0.3, -0.25) is 14.7 Å². The van der Waals surface area contributed by atoms with Crippen LogP contribution in [-0.2, 0) is 11.3 Å². The number of nitrogens with one attached hydrogen (secondary N) is 3. The van der Waals surface area contributed by atoms with Crippen LogP contribution in [0, 0.1) is 19.8 Å². The summed E-state index contributed by atoms with van der Waals surface area (Å²) in [6.45, 7) is 4.24. The van der Waals surface area contributed by atoms with Gasteiger partial charge in [0.2, 0.25) is 5.91 Å². The second kappa shape index (κ2) is 6.20. The van der Waals surface area contributed by atoms with Crippen molar-refractivity contribution in [3.8, 4) is 0 Å². The van der Waals surface area contributed by atoms with Crippen LogP contribution in [0.1, 0.15) is 40.2 Å². The maximum atomic E-state index is 12.2. The second-order valence-electron chi connectivity index (χ2n) is 5.80. The molecule has 0 atom stereocenters. The van der Waals surface area contributed by atoms with Gasteiger partial charge in [0, 0.05) is 23.4 Å². The van der Waals surface area contributed by atoms with E-state index in [9.17, 15) is 9.59 Å². The highest BCUT2D eigenvalue weighted by molar-refractivity contribution is 5.97. The van der Waals surface area contributed by atoms with Gasteiger partial charge in [0.15, 0.2) is 0 Å². The summed E-state index contributed by atoms with van der Waals surface area (Å²) >= 11 is 0. The standard InChI is InChI=1S/C16H19N5O2/c1-9-10(2)20-21-13(9)8-18-15(22)12-5-6-17-14(7-12)19-16(23)11-3-4-11/h5-7,11H,3-4,8H2,1-2H3,(H,18,22)(H,20,21)(H,17,19,23). The minimum absolute atomic E-state index is 0.0299. The predicted octanol–water partition coefficient (Wildman–Crippen LogP) is 1.70. The largest absolute Gasteiger partial charge is 0.346 e. The van der Waals surface area contributed by atoms with Crippen molar-refractivity contribution in [1.82, 2.24) is 20.5 Å². The molecule has 3 rings (SSSR count). The Kier molecular flexibility index (Phi) is 4.10. The molecule has 0 aliphatic heterocycles. The minimum atomic E-state index is -0.227. The monoisotopic (exact) mass is 313 g/mol. The number of aromatic nitrogens is 3. The van der Waals surface area contributed by atoms with Crippen molar-refractivity contribution < 1.29 is 9.59 Å². The van der Waals surface area contributed by atoms with Crippen LogP contribution in [0.2, 0.25) is 0 Å². The number of carbonyl (C=O) groups excluding carboxylic acids is 2. The number of hydrogen-bond donors (Lipinski definition) is 3. The van der Waals surface area contributed by atoms with E-state index in [4.69, 9.17) is 0 Å². The van der Waals surface area contributed by atoms with Crippen molar-refractivity contribution in [3.05, 3.63) is 40.8 Å². The summed E-state index contributed by atoms with van der Waals surface area (Å²) in [5.41, 5.74) is 3.30. The fourth-order valence-electron chi connectivity index (χ4n) is 2.19. The van der Waals surface area contributed by atoms with E-state index >= 15 is 0 Å². The molecule has 0 radical (unpaired) electrons. The van der Waals surface area contributed by atoms with Crippen LogP contribution in [0.4, 0.5) is 5.82 Å². The molecule has 2 heterocycles. The van der Waals surface area contributed by atoms with Gasteiger partial charge in [-0.1, -0.05) is 0 Å². The Labute approximate surface area is 133 Å². The SMILES string of the molecule is Cc1[nH]nc(CNC(=O)c2ccnc(NC(=O)C3CC3)c2)c1C. The topological polar surface area (TPSA) is 99.8 Å². The molecule has 0 unspecified atom stereocenters. The number of hydrogen-bond acceptors (Lipinski definition) is 4. The number of anilines is 1. The molecule has 1 aliphatic carbocycles. The Morgan fingerprint density at radius 3 is 2.78 bits per heavy atom. The number of amides is 2. The van der Waals surface area contributed by atoms with Crippen molar-refractivity contribution in [2.24, 2.45) is 5.92 Å². The van der Waals surface area contributed by atoms with Gasteiger partial charge in [0.25, 0.3) is 5.91 Å². The lowest BCUT2D eigenvalue weighted by atomic mass is 10.2. The predicted molar refractivity (Wildman–Crippen MR) is 84.8 cm³/mol. The lowest BCUT2D eigenvalue weighted by Crippen LogP contribution is -2.24. The van der Waals surface area contributed by atoms with Crippen molar-refractivity contribution in [1.29, 1.82) is 0 Å². The Morgan fingerprint density at radius 1 is 1.35 bits per heavy atom. The third-order valence-corrected chi connectivity index (χ3v) is 3.99. The third kappa shape index (κ3) is 3.56. The fraction of sp³-hybridized carbons (Fsp3) is 0.375. The van der Waals surface area contributed by atoms with Gasteiger partial charge in [0.1, 0.15) is 5.82 Å².